The Labute approximate surface area is 159 Å². The summed E-state index contributed by atoms with van der Waals surface area (Å²) in [7, 11) is 3.16. The van der Waals surface area contributed by atoms with Gasteiger partial charge in [-0.05, 0) is 24.3 Å². The monoisotopic (exact) mass is 378 g/mol. The molecule has 0 N–H and O–H groups in total. The molecule has 0 bridgehead atoms. The largest absolute Gasteiger partial charge is 0.330 e. The van der Waals surface area contributed by atoms with Crippen molar-refractivity contribution in [3.05, 3.63) is 87.2 Å². The molecule has 2 heterocycles. The second kappa shape index (κ2) is 6.92. The van der Waals surface area contributed by atoms with Crippen molar-refractivity contribution in [2.24, 2.45) is 14.1 Å². The molecule has 2 aromatic carbocycles. The molecule has 6 nitrogen and oxygen atoms in total. The maximum Gasteiger partial charge on any atom is 0.330 e. The van der Waals surface area contributed by atoms with E-state index in [2.05, 4.69) is 4.57 Å². The van der Waals surface area contributed by atoms with Crippen molar-refractivity contribution in [3.8, 4) is 5.69 Å². The van der Waals surface area contributed by atoms with E-state index in [0.717, 1.165) is 26.4 Å². The number of fused-ring (bicyclic) bond motifs is 1. The summed E-state index contributed by atoms with van der Waals surface area (Å²) in [6.07, 6.45) is 0. The van der Waals surface area contributed by atoms with Gasteiger partial charge >= 0.3 is 5.69 Å². The predicted octanol–water partition coefficient (Wildman–Crippen LogP) is 2.72. The van der Waals surface area contributed by atoms with E-state index < -0.39 is 0 Å². The molecular weight excluding hydrogens is 360 g/mol. The number of thioether (sulfide) groups is 1. The number of hydrogen-bond acceptors (Lipinski definition) is 4. The predicted molar refractivity (Wildman–Crippen MR) is 108 cm³/mol. The maximum absolute atomic E-state index is 12.1. The van der Waals surface area contributed by atoms with Crippen molar-refractivity contribution in [2.75, 3.05) is 0 Å². The Hall–Kier alpha value is -3.06. The van der Waals surface area contributed by atoms with Gasteiger partial charge in [-0.25, -0.2) is 9.78 Å². The van der Waals surface area contributed by atoms with Gasteiger partial charge in [0.2, 0.25) is 0 Å². The molecule has 0 fully saturated rings. The van der Waals surface area contributed by atoms with E-state index in [4.69, 9.17) is 4.98 Å². The molecule has 0 saturated heterocycles. The van der Waals surface area contributed by atoms with Crippen molar-refractivity contribution in [3.63, 3.8) is 0 Å². The highest BCUT2D eigenvalue weighted by Gasteiger charge is 2.14. The average Bonchev–Trinajstić information content (AvgIpc) is 3.07. The summed E-state index contributed by atoms with van der Waals surface area (Å²) in [4.78, 5) is 28.9. The van der Waals surface area contributed by atoms with Crippen LogP contribution in [-0.2, 0) is 19.8 Å². The number of hydrogen-bond donors (Lipinski definition) is 0. The minimum atomic E-state index is -0.324. The molecule has 0 aliphatic carbocycles. The molecule has 27 heavy (non-hydrogen) atoms. The summed E-state index contributed by atoms with van der Waals surface area (Å²) in [5.74, 6) is 0.470. The Morgan fingerprint density at radius 3 is 2.41 bits per heavy atom. The third kappa shape index (κ3) is 3.10. The molecule has 2 aromatic heterocycles. The smallest absolute Gasteiger partial charge is 0.300 e. The fourth-order valence-electron chi connectivity index (χ4n) is 2.98. The van der Waals surface area contributed by atoms with Crippen LogP contribution in [0.15, 0.2) is 75.4 Å². The summed E-state index contributed by atoms with van der Waals surface area (Å²) in [6.45, 7) is 0. The second-order valence-corrected chi connectivity index (χ2v) is 7.16. The van der Waals surface area contributed by atoms with Gasteiger partial charge in [-0.1, -0.05) is 42.1 Å². The zero-order valence-corrected chi connectivity index (χ0v) is 15.8. The Morgan fingerprint density at radius 2 is 1.63 bits per heavy atom. The second-order valence-electron chi connectivity index (χ2n) is 6.22. The lowest BCUT2D eigenvalue weighted by Crippen LogP contribution is -2.37. The molecule has 0 aliphatic heterocycles. The highest BCUT2D eigenvalue weighted by atomic mass is 32.2. The Balaban J connectivity index is 1.78. The summed E-state index contributed by atoms with van der Waals surface area (Å²) < 4.78 is 4.70. The minimum absolute atomic E-state index is 0.301. The van der Waals surface area contributed by atoms with Gasteiger partial charge in [-0.2, -0.15) is 0 Å². The zero-order valence-electron chi connectivity index (χ0n) is 15.0. The van der Waals surface area contributed by atoms with Gasteiger partial charge in [-0.15, -0.1) is 0 Å². The van der Waals surface area contributed by atoms with Crippen LogP contribution in [0.25, 0.3) is 16.7 Å². The standard InChI is InChI=1S/C20H18N4O2S/c1-22-15(12-18(25)23(2)20(22)26)13-27-19-21-16-10-6-7-11-17(16)24(19)14-8-4-3-5-9-14/h3-12H,13H2,1-2H3. The molecule has 4 rings (SSSR count). The fraction of sp³-hybridized carbons (Fsp3) is 0.150. The third-order valence-electron chi connectivity index (χ3n) is 4.52. The lowest BCUT2D eigenvalue weighted by atomic mass is 10.3. The summed E-state index contributed by atoms with van der Waals surface area (Å²) >= 11 is 1.50. The molecule has 0 amide bonds. The van der Waals surface area contributed by atoms with Crippen molar-refractivity contribution in [2.45, 2.75) is 10.9 Å². The van der Waals surface area contributed by atoms with Crippen LogP contribution in [0.2, 0.25) is 0 Å². The van der Waals surface area contributed by atoms with E-state index >= 15 is 0 Å². The quantitative estimate of drug-likeness (QED) is 0.512. The molecule has 0 spiro atoms. The molecule has 0 saturated carbocycles. The van der Waals surface area contributed by atoms with Crippen LogP contribution in [0, 0.1) is 0 Å². The van der Waals surface area contributed by atoms with Gasteiger partial charge in [0.1, 0.15) is 0 Å². The van der Waals surface area contributed by atoms with E-state index in [0.29, 0.717) is 11.4 Å². The van der Waals surface area contributed by atoms with Gasteiger partial charge in [0, 0.05) is 37.3 Å². The van der Waals surface area contributed by atoms with Crippen molar-refractivity contribution >= 4 is 22.8 Å². The van der Waals surface area contributed by atoms with Crippen molar-refractivity contribution in [1.82, 2.24) is 18.7 Å². The van der Waals surface area contributed by atoms with Crippen LogP contribution in [0.3, 0.4) is 0 Å². The molecular formula is C20H18N4O2S. The number of benzene rings is 2. The third-order valence-corrected chi connectivity index (χ3v) is 5.49. The molecule has 7 heteroatoms. The maximum atomic E-state index is 12.1. The Morgan fingerprint density at radius 1 is 0.926 bits per heavy atom. The Bertz CT molecular complexity index is 1240. The van der Waals surface area contributed by atoms with Gasteiger partial charge in [0.25, 0.3) is 5.56 Å². The normalized spacial score (nSPS) is 11.2. The van der Waals surface area contributed by atoms with E-state index in [1.54, 1.807) is 7.05 Å². The summed E-state index contributed by atoms with van der Waals surface area (Å²) in [5.41, 5.74) is 2.98. The van der Waals surface area contributed by atoms with Crippen LogP contribution in [-0.4, -0.2) is 18.7 Å². The molecule has 4 aromatic rings. The first-order chi connectivity index (χ1) is 13.1. The highest BCUT2D eigenvalue weighted by molar-refractivity contribution is 7.98. The molecule has 0 atom stereocenters. The zero-order chi connectivity index (χ0) is 19.0. The van der Waals surface area contributed by atoms with Crippen LogP contribution in [0.4, 0.5) is 0 Å². The lowest BCUT2D eigenvalue weighted by molar-refractivity contribution is 0.665. The molecule has 0 radical (unpaired) electrons. The average molecular weight is 378 g/mol. The summed E-state index contributed by atoms with van der Waals surface area (Å²) in [6, 6.07) is 19.5. The SMILES string of the molecule is Cn1c(CSc2nc3ccccc3n2-c2ccccc2)cc(=O)n(C)c1=O. The van der Waals surface area contributed by atoms with E-state index in [-0.39, 0.29) is 11.2 Å². The lowest BCUT2D eigenvalue weighted by Gasteiger charge is -2.11. The van der Waals surface area contributed by atoms with Crippen LogP contribution in [0.1, 0.15) is 5.69 Å². The van der Waals surface area contributed by atoms with Crippen LogP contribution < -0.4 is 11.2 Å². The van der Waals surface area contributed by atoms with Crippen molar-refractivity contribution in [1.29, 1.82) is 0 Å². The minimum Gasteiger partial charge on any atom is -0.300 e. The van der Waals surface area contributed by atoms with Gasteiger partial charge < -0.3 is 0 Å². The van der Waals surface area contributed by atoms with Gasteiger partial charge in [-0.3, -0.25) is 18.5 Å². The number of para-hydroxylation sites is 3. The topological polar surface area (TPSA) is 61.8 Å². The van der Waals surface area contributed by atoms with E-state index in [1.165, 1.54) is 29.4 Å². The van der Waals surface area contributed by atoms with Gasteiger partial charge in [0.15, 0.2) is 5.16 Å². The first-order valence-electron chi connectivity index (χ1n) is 8.48. The fourth-order valence-corrected chi connectivity index (χ4v) is 4.03. The van der Waals surface area contributed by atoms with Crippen LogP contribution >= 0.6 is 11.8 Å². The highest BCUT2D eigenvalue weighted by Crippen LogP contribution is 2.29. The van der Waals surface area contributed by atoms with E-state index in [1.807, 2.05) is 54.6 Å². The van der Waals surface area contributed by atoms with E-state index in [9.17, 15) is 9.59 Å². The van der Waals surface area contributed by atoms with Crippen molar-refractivity contribution < 1.29 is 0 Å². The number of nitrogens with zero attached hydrogens (tertiary/aromatic N) is 4. The molecule has 0 aliphatic rings. The number of imidazole rings is 1. The first kappa shape index (κ1) is 17.4. The molecule has 0 unspecified atom stereocenters. The van der Waals surface area contributed by atoms with Crippen LogP contribution in [0.5, 0.6) is 0 Å². The Kier molecular flexibility index (Phi) is 4.45. The first-order valence-corrected chi connectivity index (χ1v) is 9.46. The van der Waals surface area contributed by atoms with Gasteiger partial charge in [0.05, 0.1) is 11.0 Å². The molecule has 136 valence electrons. The summed E-state index contributed by atoms with van der Waals surface area (Å²) in [5, 5.41) is 0.815. The number of aromatic nitrogens is 4. The number of rotatable bonds is 4.